The van der Waals surface area contributed by atoms with E-state index >= 15 is 0 Å². The van der Waals surface area contributed by atoms with Crippen molar-refractivity contribution >= 4 is 5.69 Å². The summed E-state index contributed by atoms with van der Waals surface area (Å²) in [7, 11) is 1.77. The molecule has 0 bridgehead atoms. The van der Waals surface area contributed by atoms with Crippen LogP contribution in [0.15, 0.2) is 18.2 Å². The van der Waals surface area contributed by atoms with Gasteiger partial charge in [-0.3, -0.25) is 0 Å². The predicted molar refractivity (Wildman–Crippen MR) is 62.1 cm³/mol. The van der Waals surface area contributed by atoms with Gasteiger partial charge in [0, 0.05) is 18.8 Å². The molecule has 0 aromatic heterocycles. The molecule has 2 rings (SSSR count). The third-order valence-corrected chi connectivity index (χ3v) is 3.54. The zero-order valence-electron chi connectivity index (χ0n) is 10.1. The van der Waals surface area contributed by atoms with Gasteiger partial charge in [0.25, 0.3) is 0 Å². The highest BCUT2D eigenvalue weighted by Gasteiger charge is 2.34. The number of benzene rings is 1. The molecule has 18 heavy (non-hydrogen) atoms. The maximum absolute atomic E-state index is 13.2. The Labute approximate surface area is 103 Å². The van der Waals surface area contributed by atoms with Gasteiger partial charge in [-0.25, -0.2) is 4.39 Å². The maximum Gasteiger partial charge on any atom is 0.419 e. The normalized spacial score (nSPS) is 17.2. The standard InChI is InChI=1S/C13H15F4N/c1-18(9-4-2-3-5-9)10-6-7-12(14)11(8-10)13(15,16)17/h6-9H,2-5H2,1H3. The molecule has 0 N–H and O–H groups in total. The van der Waals surface area contributed by atoms with Crippen LogP contribution in [0.2, 0.25) is 0 Å². The predicted octanol–water partition coefficient (Wildman–Crippen LogP) is 4.22. The van der Waals surface area contributed by atoms with E-state index in [1.165, 1.54) is 6.07 Å². The van der Waals surface area contributed by atoms with E-state index in [1.54, 1.807) is 7.05 Å². The van der Waals surface area contributed by atoms with Crippen LogP contribution in [0.3, 0.4) is 0 Å². The lowest BCUT2D eigenvalue weighted by atomic mass is 10.1. The number of hydrogen-bond acceptors (Lipinski definition) is 1. The highest BCUT2D eigenvalue weighted by molar-refractivity contribution is 5.50. The van der Waals surface area contributed by atoms with Crippen molar-refractivity contribution in [1.82, 2.24) is 0 Å². The minimum Gasteiger partial charge on any atom is -0.372 e. The minimum absolute atomic E-state index is 0.261. The van der Waals surface area contributed by atoms with Crippen molar-refractivity contribution in [1.29, 1.82) is 0 Å². The third-order valence-electron chi connectivity index (χ3n) is 3.54. The molecule has 1 aromatic rings. The van der Waals surface area contributed by atoms with E-state index in [1.807, 2.05) is 4.90 Å². The second-order valence-corrected chi connectivity index (χ2v) is 4.71. The molecule has 0 spiro atoms. The fraction of sp³-hybridized carbons (Fsp3) is 0.538. The van der Waals surface area contributed by atoms with Crippen molar-refractivity contribution in [3.05, 3.63) is 29.6 Å². The first kappa shape index (κ1) is 13.2. The van der Waals surface area contributed by atoms with E-state index in [2.05, 4.69) is 0 Å². The maximum atomic E-state index is 13.2. The molecular weight excluding hydrogens is 246 g/mol. The first-order valence-corrected chi connectivity index (χ1v) is 5.99. The summed E-state index contributed by atoms with van der Waals surface area (Å²) >= 11 is 0. The van der Waals surface area contributed by atoms with E-state index in [9.17, 15) is 17.6 Å². The van der Waals surface area contributed by atoms with E-state index in [4.69, 9.17) is 0 Å². The number of alkyl halides is 3. The second-order valence-electron chi connectivity index (χ2n) is 4.71. The molecule has 5 heteroatoms. The van der Waals surface area contributed by atoms with Gasteiger partial charge < -0.3 is 4.90 Å². The van der Waals surface area contributed by atoms with Crippen molar-refractivity contribution in [2.45, 2.75) is 37.9 Å². The molecule has 0 atom stereocenters. The lowest BCUT2D eigenvalue weighted by molar-refractivity contribution is -0.139. The molecule has 1 fully saturated rings. The van der Waals surface area contributed by atoms with Crippen LogP contribution in [-0.4, -0.2) is 13.1 Å². The molecule has 1 nitrogen and oxygen atoms in total. The number of rotatable bonds is 2. The van der Waals surface area contributed by atoms with Crippen molar-refractivity contribution in [2.75, 3.05) is 11.9 Å². The monoisotopic (exact) mass is 261 g/mol. The summed E-state index contributed by atoms with van der Waals surface area (Å²) in [4.78, 5) is 1.82. The summed E-state index contributed by atoms with van der Waals surface area (Å²) in [5.74, 6) is -1.22. The molecule has 1 aliphatic carbocycles. The Balaban J connectivity index is 2.28. The SMILES string of the molecule is CN(c1ccc(F)c(C(F)(F)F)c1)C1CCCC1. The summed E-state index contributed by atoms with van der Waals surface area (Å²) in [6.07, 6.45) is -0.480. The Morgan fingerprint density at radius 3 is 2.33 bits per heavy atom. The molecule has 0 unspecified atom stereocenters. The van der Waals surface area contributed by atoms with E-state index in [-0.39, 0.29) is 6.04 Å². The smallest absolute Gasteiger partial charge is 0.372 e. The topological polar surface area (TPSA) is 3.24 Å². The Kier molecular flexibility index (Phi) is 3.50. The Hall–Kier alpha value is -1.26. The van der Waals surface area contributed by atoms with Gasteiger partial charge in [-0.05, 0) is 31.0 Å². The van der Waals surface area contributed by atoms with Gasteiger partial charge in [0.1, 0.15) is 5.82 Å². The van der Waals surface area contributed by atoms with Gasteiger partial charge in [-0.1, -0.05) is 12.8 Å². The molecule has 0 aliphatic heterocycles. The Bertz CT molecular complexity index is 421. The first-order chi connectivity index (χ1) is 8.39. The average molecular weight is 261 g/mol. The first-order valence-electron chi connectivity index (χ1n) is 5.99. The van der Waals surface area contributed by atoms with Crippen LogP contribution in [0, 0.1) is 5.82 Å². The van der Waals surface area contributed by atoms with Crippen LogP contribution in [0.5, 0.6) is 0 Å². The van der Waals surface area contributed by atoms with Crippen molar-refractivity contribution < 1.29 is 17.6 Å². The van der Waals surface area contributed by atoms with Gasteiger partial charge >= 0.3 is 6.18 Å². The summed E-state index contributed by atoms with van der Waals surface area (Å²) in [6, 6.07) is 3.46. The van der Waals surface area contributed by atoms with Crippen molar-refractivity contribution in [3.8, 4) is 0 Å². The molecular formula is C13H15F4N. The fourth-order valence-electron chi connectivity index (χ4n) is 2.45. The van der Waals surface area contributed by atoms with Gasteiger partial charge in [0.2, 0.25) is 0 Å². The highest BCUT2D eigenvalue weighted by Crippen LogP contribution is 2.35. The van der Waals surface area contributed by atoms with E-state index in [0.29, 0.717) is 5.69 Å². The molecule has 0 amide bonds. The van der Waals surface area contributed by atoms with E-state index in [0.717, 1.165) is 37.8 Å². The lowest BCUT2D eigenvalue weighted by Gasteiger charge is -2.27. The van der Waals surface area contributed by atoms with Crippen molar-refractivity contribution in [3.63, 3.8) is 0 Å². The zero-order chi connectivity index (χ0) is 13.3. The summed E-state index contributed by atoms with van der Waals surface area (Å²) in [6.45, 7) is 0. The largest absolute Gasteiger partial charge is 0.419 e. The van der Waals surface area contributed by atoms with Gasteiger partial charge in [0.05, 0.1) is 5.56 Å². The van der Waals surface area contributed by atoms with Crippen LogP contribution >= 0.6 is 0 Å². The lowest BCUT2D eigenvalue weighted by Crippen LogP contribution is -2.29. The minimum atomic E-state index is -4.64. The van der Waals surface area contributed by atoms with E-state index < -0.39 is 17.6 Å². The van der Waals surface area contributed by atoms with Gasteiger partial charge in [-0.2, -0.15) is 13.2 Å². The van der Waals surface area contributed by atoms with Crippen LogP contribution in [0.4, 0.5) is 23.2 Å². The average Bonchev–Trinajstić information content (AvgIpc) is 2.80. The highest BCUT2D eigenvalue weighted by atomic mass is 19.4. The fourth-order valence-corrected chi connectivity index (χ4v) is 2.45. The third kappa shape index (κ3) is 2.60. The van der Waals surface area contributed by atoms with Crippen LogP contribution in [0.25, 0.3) is 0 Å². The Morgan fingerprint density at radius 2 is 1.78 bits per heavy atom. The molecule has 1 aliphatic rings. The zero-order valence-corrected chi connectivity index (χ0v) is 10.1. The van der Waals surface area contributed by atoms with Gasteiger partial charge in [-0.15, -0.1) is 0 Å². The Morgan fingerprint density at radius 1 is 1.17 bits per heavy atom. The van der Waals surface area contributed by atoms with Crippen LogP contribution in [-0.2, 0) is 6.18 Å². The number of halogens is 4. The molecule has 0 radical (unpaired) electrons. The van der Waals surface area contributed by atoms with Crippen LogP contribution < -0.4 is 4.90 Å². The summed E-state index contributed by atoms with van der Waals surface area (Å²) in [5.41, 5.74) is -0.763. The molecule has 0 heterocycles. The second kappa shape index (κ2) is 4.78. The number of anilines is 1. The molecule has 100 valence electrons. The van der Waals surface area contributed by atoms with Crippen LogP contribution in [0.1, 0.15) is 31.2 Å². The molecule has 1 aromatic carbocycles. The molecule has 0 saturated heterocycles. The quantitative estimate of drug-likeness (QED) is 0.720. The number of hydrogen-bond donors (Lipinski definition) is 0. The van der Waals surface area contributed by atoms with Gasteiger partial charge in [0.15, 0.2) is 0 Å². The van der Waals surface area contributed by atoms with Crippen molar-refractivity contribution in [2.24, 2.45) is 0 Å². The molecule has 1 saturated carbocycles. The summed E-state index contributed by atoms with van der Waals surface area (Å²) < 4.78 is 51.0. The summed E-state index contributed by atoms with van der Waals surface area (Å²) in [5, 5.41) is 0. The number of nitrogens with zero attached hydrogens (tertiary/aromatic N) is 1.